The van der Waals surface area contributed by atoms with Gasteiger partial charge < -0.3 is 15.3 Å². The van der Waals surface area contributed by atoms with Gasteiger partial charge in [0.05, 0.1) is 24.1 Å². The lowest BCUT2D eigenvalue weighted by Crippen LogP contribution is -2.52. The third-order valence-electron chi connectivity index (χ3n) is 4.82. The van der Waals surface area contributed by atoms with Crippen molar-refractivity contribution < 1.29 is 19.1 Å². The molecule has 0 spiro atoms. The molecular formula is C19H16ClFN4O3. The number of nitrogens with one attached hydrogen (secondary N) is 1. The van der Waals surface area contributed by atoms with Gasteiger partial charge in [-0.25, -0.2) is 4.39 Å². The Morgan fingerprint density at radius 2 is 2.18 bits per heavy atom. The zero-order valence-corrected chi connectivity index (χ0v) is 15.4. The number of hydrogen-bond acceptors (Lipinski definition) is 5. The SMILES string of the molecule is O=C(NCc1cc(F)cc(Cl)c1)[C@@]1(O)CCN(c2cnc3c(c2)C=NC3)C1=O. The minimum absolute atomic E-state index is 0.0628. The van der Waals surface area contributed by atoms with Gasteiger partial charge in [-0.05, 0) is 29.8 Å². The number of fused-ring (bicyclic) bond motifs is 1. The first-order chi connectivity index (χ1) is 13.4. The summed E-state index contributed by atoms with van der Waals surface area (Å²) in [4.78, 5) is 35.0. The van der Waals surface area contributed by atoms with Gasteiger partial charge in [0.2, 0.25) is 5.60 Å². The molecule has 7 nitrogen and oxygen atoms in total. The summed E-state index contributed by atoms with van der Waals surface area (Å²) in [5.74, 6) is -2.10. The number of carbonyl (C=O) groups is 2. The molecule has 0 bridgehead atoms. The fourth-order valence-electron chi connectivity index (χ4n) is 3.32. The third-order valence-corrected chi connectivity index (χ3v) is 5.04. The van der Waals surface area contributed by atoms with E-state index in [4.69, 9.17) is 11.6 Å². The van der Waals surface area contributed by atoms with Crippen LogP contribution in [-0.2, 0) is 22.7 Å². The maximum atomic E-state index is 13.4. The smallest absolute Gasteiger partial charge is 0.268 e. The lowest BCUT2D eigenvalue weighted by Gasteiger charge is -2.22. The average Bonchev–Trinajstić information content (AvgIpc) is 3.24. The highest BCUT2D eigenvalue weighted by Crippen LogP contribution is 2.30. The van der Waals surface area contributed by atoms with Gasteiger partial charge in [0.15, 0.2) is 0 Å². The molecule has 0 radical (unpaired) electrons. The summed E-state index contributed by atoms with van der Waals surface area (Å²) in [6.45, 7) is 0.606. The maximum Gasteiger partial charge on any atom is 0.268 e. The third kappa shape index (κ3) is 3.25. The Morgan fingerprint density at radius 3 is 2.96 bits per heavy atom. The molecule has 3 heterocycles. The van der Waals surface area contributed by atoms with E-state index in [9.17, 15) is 19.1 Å². The van der Waals surface area contributed by atoms with E-state index in [0.29, 0.717) is 17.8 Å². The Bertz CT molecular complexity index is 992. The molecule has 1 saturated heterocycles. The number of aromatic nitrogens is 1. The molecule has 1 aromatic heterocycles. The summed E-state index contributed by atoms with van der Waals surface area (Å²) < 4.78 is 13.4. The molecule has 4 rings (SSSR count). The quantitative estimate of drug-likeness (QED) is 0.759. The zero-order chi connectivity index (χ0) is 19.9. The summed E-state index contributed by atoms with van der Waals surface area (Å²) in [6.07, 6.45) is 3.14. The van der Waals surface area contributed by atoms with Crippen LogP contribution in [0.2, 0.25) is 5.02 Å². The normalized spacial score (nSPS) is 20.5. The van der Waals surface area contributed by atoms with Crippen molar-refractivity contribution in [3.63, 3.8) is 0 Å². The van der Waals surface area contributed by atoms with E-state index in [2.05, 4.69) is 15.3 Å². The average molecular weight is 403 g/mol. The molecule has 0 saturated carbocycles. The van der Waals surface area contributed by atoms with E-state index in [1.54, 1.807) is 12.3 Å². The van der Waals surface area contributed by atoms with Gasteiger partial charge in [0.25, 0.3) is 11.8 Å². The number of aliphatic imine (C=N–C) groups is 1. The zero-order valence-electron chi connectivity index (χ0n) is 14.7. The van der Waals surface area contributed by atoms with Gasteiger partial charge in [-0.1, -0.05) is 11.6 Å². The Kier molecular flexibility index (Phi) is 4.60. The standard InChI is InChI=1S/C19H16ClFN4O3/c20-13-3-11(4-14(21)6-13)7-24-17(26)19(28)1-2-25(18(19)27)15-5-12-8-22-10-16(12)23-9-15/h3-6,8-9,28H,1-2,7,10H2,(H,24,26)/t19-/m0/s1. The highest BCUT2D eigenvalue weighted by molar-refractivity contribution is 6.30. The molecule has 2 aromatic rings. The van der Waals surface area contributed by atoms with Gasteiger partial charge in [-0.15, -0.1) is 0 Å². The van der Waals surface area contributed by atoms with Gasteiger partial charge in [-0.3, -0.25) is 19.6 Å². The van der Waals surface area contributed by atoms with Crippen LogP contribution < -0.4 is 10.2 Å². The largest absolute Gasteiger partial charge is 0.372 e. The van der Waals surface area contributed by atoms with Crippen LogP contribution in [0.5, 0.6) is 0 Å². The van der Waals surface area contributed by atoms with Crippen LogP contribution in [0, 0.1) is 5.82 Å². The minimum Gasteiger partial charge on any atom is -0.372 e. The number of carbonyl (C=O) groups excluding carboxylic acids is 2. The second-order valence-corrected chi connectivity index (χ2v) is 7.16. The molecule has 2 N–H and O–H groups in total. The number of nitrogens with zero attached hydrogens (tertiary/aromatic N) is 3. The number of rotatable bonds is 4. The topological polar surface area (TPSA) is 94.9 Å². The first-order valence-electron chi connectivity index (χ1n) is 8.63. The second-order valence-electron chi connectivity index (χ2n) is 6.73. The Balaban J connectivity index is 1.48. The van der Waals surface area contributed by atoms with Crippen LogP contribution >= 0.6 is 11.6 Å². The molecule has 0 unspecified atom stereocenters. The second kappa shape index (κ2) is 6.96. The lowest BCUT2D eigenvalue weighted by molar-refractivity contribution is -0.149. The number of hydrogen-bond donors (Lipinski definition) is 2. The van der Waals surface area contributed by atoms with Crippen molar-refractivity contribution in [2.45, 2.75) is 25.1 Å². The van der Waals surface area contributed by atoms with E-state index in [1.807, 2.05) is 0 Å². The fourth-order valence-corrected chi connectivity index (χ4v) is 3.57. The van der Waals surface area contributed by atoms with Crippen molar-refractivity contribution in [1.29, 1.82) is 0 Å². The summed E-state index contributed by atoms with van der Waals surface area (Å²) in [5.41, 5.74) is 0.360. The Labute approximate surface area is 164 Å². The number of pyridine rings is 1. The van der Waals surface area contributed by atoms with Crippen LogP contribution in [0.25, 0.3) is 0 Å². The highest BCUT2D eigenvalue weighted by Gasteiger charge is 2.51. The summed E-state index contributed by atoms with van der Waals surface area (Å²) in [5, 5.41) is 13.4. The van der Waals surface area contributed by atoms with E-state index >= 15 is 0 Å². The highest BCUT2D eigenvalue weighted by atomic mass is 35.5. The number of anilines is 1. The van der Waals surface area contributed by atoms with E-state index in [0.717, 1.165) is 17.3 Å². The predicted molar refractivity (Wildman–Crippen MR) is 101 cm³/mol. The molecule has 2 amide bonds. The van der Waals surface area contributed by atoms with Crippen LogP contribution in [-0.4, -0.2) is 40.3 Å². The fraction of sp³-hybridized carbons (Fsp3) is 0.263. The van der Waals surface area contributed by atoms with Crippen LogP contribution in [0.1, 0.15) is 23.2 Å². The van der Waals surface area contributed by atoms with Crippen molar-refractivity contribution >= 4 is 35.3 Å². The molecule has 28 heavy (non-hydrogen) atoms. The van der Waals surface area contributed by atoms with Gasteiger partial charge in [0, 0.05) is 36.3 Å². The number of amides is 2. The monoisotopic (exact) mass is 402 g/mol. The van der Waals surface area contributed by atoms with Gasteiger partial charge in [0.1, 0.15) is 5.82 Å². The maximum absolute atomic E-state index is 13.4. The Morgan fingerprint density at radius 1 is 1.36 bits per heavy atom. The number of aliphatic hydroxyl groups is 1. The molecule has 2 aliphatic heterocycles. The molecule has 0 aliphatic carbocycles. The molecule has 1 fully saturated rings. The minimum atomic E-state index is -2.19. The van der Waals surface area contributed by atoms with Crippen LogP contribution in [0.15, 0.2) is 35.5 Å². The van der Waals surface area contributed by atoms with Gasteiger partial charge in [-0.2, -0.15) is 0 Å². The first-order valence-corrected chi connectivity index (χ1v) is 9.01. The summed E-state index contributed by atoms with van der Waals surface area (Å²) in [6, 6.07) is 5.62. The van der Waals surface area contributed by atoms with E-state index in [1.165, 1.54) is 23.2 Å². The summed E-state index contributed by atoms with van der Waals surface area (Å²) in [7, 11) is 0. The molecular weight excluding hydrogens is 387 g/mol. The molecule has 9 heteroatoms. The number of halogens is 2. The molecule has 1 atom stereocenters. The number of benzene rings is 1. The molecule has 1 aromatic carbocycles. The van der Waals surface area contributed by atoms with Crippen molar-refractivity contribution in [1.82, 2.24) is 10.3 Å². The molecule has 144 valence electrons. The van der Waals surface area contributed by atoms with Gasteiger partial charge >= 0.3 is 0 Å². The van der Waals surface area contributed by atoms with E-state index < -0.39 is 23.2 Å². The van der Waals surface area contributed by atoms with Crippen molar-refractivity contribution in [2.75, 3.05) is 11.4 Å². The Hall–Kier alpha value is -2.84. The first kappa shape index (κ1) is 18.5. The van der Waals surface area contributed by atoms with Crippen molar-refractivity contribution in [2.24, 2.45) is 4.99 Å². The molecule has 2 aliphatic rings. The van der Waals surface area contributed by atoms with Crippen LogP contribution in [0.4, 0.5) is 10.1 Å². The van der Waals surface area contributed by atoms with Crippen LogP contribution in [0.3, 0.4) is 0 Å². The lowest BCUT2D eigenvalue weighted by atomic mass is 10.0. The predicted octanol–water partition coefficient (Wildman–Crippen LogP) is 1.59. The summed E-state index contributed by atoms with van der Waals surface area (Å²) >= 11 is 5.79. The van der Waals surface area contributed by atoms with Crippen molar-refractivity contribution in [3.8, 4) is 0 Å². The van der Waals surface area contributed by atoms with E-state index in [-0.39, 0.29) is 24.5 Å². The van der Waals surface area contributed by atoms with Crippen molar-refractivity contribution in [3.05, 3.63) is 58.1 Å².